The van der Waals surface area contributed by atoms with E-state index >= 15 is 0 Å². The third kappa shape index (κ3) is 5.32. The fourth-order valence-corrected chi connectivity index (χ4v) is 2.96. The number of carbonyl (C=O) groups is 2. The molecule has 0 radical (unpaired) electrons. The van der Waals surface area contributed by atoms with E-state index in [9.17, 15) is 19.8 Å². The van der Waals surface area contributed by atoms with E-state index in [1.54, 1.807) is 36.4 Å². The highest BCUT2D eigenvalue weighted by Gasteiger charge is 2.12. The standard InChI is InChI=1S/C21H15IN2O5/c22-18-4-2-1-3-16(18)21(28)29-15-8-5-13(6-9-15)12-23-24-20(27)17-10-7-14(25)11-19(17)26/h1-12,25-26H,(H,24,27)/b23-12+. The number of carbonyl (C=O) groups excluding carboxylic acids is 2. The molecule has 0 saturated carbocycles. The van der Waals surface area contributed by atoms with Crippen LogP contribution in [0.15, 0.2) is 71.8 Å². The Morgan fingerprint density at radius 2 is 1.69 bits per heavy atom. The summed E-state index contributed by atoms with van der Waals surface area (Å²) in [5.74, 6) is -1.19. The van der Waals surface area contributed by atoms with E-state index in [-0.39, 0.29) is 17.1 Å². The van der Waals surface area contributed by atoms with Crippen LogP contribution in [0.25, 0.3) is 0 Å². The number of hydrazone groups is 1. The van der Waals surface area contributed by atoms with Crippen molar-refractivity contribution in [3.8, 4) is 17.2 Å². The Balaban J connectivity index is 1.59. The van der Waals surface area contributed by atoms with Crippen LogP contribution in [-0.4, -0.2) is 28.3 Å². The van der Waals surface area contributed by atoms with Gasteiger partial charge in [0.1, 0.15) is 17.2 Å². The van der Waals surface area contributed by atoms with Gasteiger partial charge in [0.15, 0.2) is 0 Å². The second-order valence-corrected chi connectivity index (χ2v) is 7.00. The number of esters is 1. The number of rotatable bonds is 5. The Morgan fingerprint density at radius 1 is 0.966 bits per heavy atom. The topological polar surface area (TPSA) is 108 Å². The number of phenolic OH excluding ortho intramolecular Hbond substituents is 2. The Bertz CT molecular complexity index is 1080. The maximum Gasteiger partial charge on any atom is 0.344 e. The zero-order valence-corrected chi connectivity index (χ0v) is 17.0. The maximum atomic E-state index is 12.2. The molecule has 0 saturated heterocycles. The minimum atomic E-state index is -0.623. The third-order valence-corrected chi connectivity index (χ3v) is 4.73. The molecule has 3 aromatic rings. The Kier molecular flexibility index (Phi) is 6.45. The van der Waals surface area contributed by atoms with Crippen LogP contribution < -0.4 is 10.2 Å². The number of phenols is 2. The monoisotopic (exact) mass is 502 g/mol. The lowest BCUT2D eigenvalue weighted by Crippen LogP contribution is -2.17. The van der Waals surface area contributed by atoms with E-state index in [4.69, 9.17) is 4.74 Å². The van der Waals surface area contributed by atoms with Gasteiger partial charge in [0, 0.05) is 9.64 Å². The molecule has 0 aliphatic carbocycles. The fraction of sp³-hybridized carbons (Fsp3) is 0. The summed E-state index contributed by atoms with van der Waals surface area (Å²) in [5.41, 5.74) is 3.42. The lowest BCUT2D eigenvalue weighted by atomic mass is 10.2. The second-order valence-electron chi connectivity index (χ2n) is 5.84. The number of hydrogen-bond donors (Lipinski definition) is 3. The van der Waals surface area contributed by atoms with Gasteiger partial charge in [-0.05, 0) is 76.7 Å². The van der Waals surface area contributed by atoms with Gasteiger partial charge in [-0.1, -0.05) is 12.1 Å². The number of halogens is 1. The molecule has 0 atom stereocenters. The quantitative estimate of drug-likeness (QED) is 0.162. The summed E-state index contributed by atoms with van der Waals surface area (Å²) in [7, 11) is 0. The minimum Gasteiger partial charge on any atom is -0.508 e. The third-order valence-electron chi connectivity index (χ3n) is 3.79. The van der Waals surface area contributed by atoms with Gasteiger partial charge in [-0.2, -0.15) is 5.10 Å². The highest BCUT2D eigenvalue weighted by atomic mass is 127. The molecule has 146 valence electrons. The van der Waals surface area contributed by atoms with E-state index < -0.39 is 11.9 Å². The number of amides is 1. The Hall–Kier alpha value is -3.40. The summed E-state index contributed by atoms with van der Waals surface area (Å²) >= 11 is 2.07. The molecule has 7 nitrogen and oxygen atoms in total. The van der Waals surface area contributed by atoms with E-state index in [0.717, 1.165) is 9.64 Å². The highest BCUT2D eigenvalue weighted by molar-refractivity contribution is 14.1. The predicted molar refractivity (Wildman–Crippen MR) is 115 cm³/mol. The van der Waals surface area contributed by atoms with Crippen LogP contribution in [-0.2, 0) is 0 Å². The number of ether oxygens (including phenoxy) is 1. The summed E-state index contributed by atoms with van der Waals surface area (Å²) in [5, 5.41) is 22.7. The Morgan fingerprint density at radius 3 is 2.38 bits per heavy atom. The van der Waals surface area contributed by atoms with E-state index in [1.807, 2.05) is 12.1 Å². The summed E-state index contributed by atoms with van der Waals surface area (Å²) in [4.78, 5) is 24.2. The van der Waals surface area contributed by atoms with Gasteiger partial charge in [0.05, 0.1) is 17.3 Å². The maximum absolute atomic E-state index is 12.2. The highest BCUT2D eigenvalue weighted by Crippen LogP contribution is 2.22. The molecule has 0 spiro atoms. The molecule has 0 fully saturated rings. The average molecular weight is 502 g/mol. The molecular formula is C21H15IN2O5. The van der Waals surface area contributed by atoms with Crippen LogP contribution in [0.5, 0.6) is 17.2 Å². The predicted octanol–water partition coefficient (Wildman–Crippen LogP) is 3.69. The SMILES string of the molecule is O=C(N/N=C/c1ccc(OC(=O)c2ccccc2I)cc1)c1ccc(O)cc1O. The number of benzene rings is 3. The summed E-state index contributed by atoms with van der Waals surface area (Å²) in [6.07, 6.45) is 1.40. The van der Waals surface area contributed by atoms with Crippen LogP contribution in [0.2, 0.25) is 0 Å². The summed E-state index contributed by atoms with van der Waals surface area (Å²) in [6.45, 7) is 0. The number of nitrogens with one attached hydrogen (secondary N) is 1. The van der Waals surface area contributed by atoms with Crippen LogP contribution in [0.3, 0.4) is 0 Å². The molecule has 0 unspecified atom stereocenters. The van der Waals surface area contributed by atoms with Crippen molar-refractivity contribution in [2.75, 3.05) is 0 Å². The van der Waals surface area contributed by atoms with Gasteiger partial charge in [0.2, 0.25) is 0 Å². The molecule has 3 rings (SSSR count). The molecule has 29 heavy (non-hydrogen) atoms. The lowest BCUT2D eigenvalue weighted by molar-refractivity contribution is 0.0733. The van der Waals surface area contributed by atoms with Crippen LogP contribution in [0, 0.1) is 3.57 Å². The van der Waals surface area contributed by atoms with Gasteiger partial charge in [-0.25, -0.2) is 10.2 Å². The van der Waals surface area contributed by atoms with Crippen molar-refractivity contribution in [3.05, 3.63) is 87.0 Å². The number of aromatic hydroxyl groups is 2. The molecular weight excluding hydrogens is 487 g/mol. The minimum absolute atomic E-state index is 0.0160. The normalized spacial score (nSPS) is 10.7. The van der Waals surface area contributed by atoms with Crippen LogP contribution in [0.1, 0.15) is 26.3 Å². The first-order chi connectivity index (χ1) is 13.9. The fourth-order valence-electron chi connectivity index (χ4n) is 2.35. The zero-order valence-electron chi connectivity index (χ0n) is 14.9. The van der Waals surface area contributed by atoms with Crippen molar-refractivity contribution in [2.45, 2.75) is 0 Å². The zero-order chi connectivity index (χ0) is 20.8. The lowest BCUT2D eigenvalue weighted by Gasteiger charge is -2.06. The van der Waals surface area contributed by atoms with Crippen LogP contribution in [0.4, 0.5) is 0 Å². The van der Waals surface area contributed by atoms with Gasteiger partial charge in [0.25, 0.3) is 5.91 Å². The number of nitrogens with zero attached hydrogens (tertiary/aromatic N) is 1. The first kappa shape index (κ1) is 20.3. The number of hydrogen-bond acceptors (Lipinski definition) is 6. The van der Waals surface area contributed by atoms with E-state index in [0.29, 0.717) is 16.9 Å². The Labute approximate surface area is 179 Å². The van der Waals surface area contributed by atoms with Crippen molar-refractivity contribution in [1.82, 2.24) is 5.43 Å². The van der Waals surface area contributed by atoms with Crippen LogP contribution >= 0.6 is 22.6 Å². The molecule has 0 heterocycles. The second kappa shape index (κ2) is 9.20. The first-order valence-electron chi connectivity index (χ1n) is 8.36. The smallest absolute Gasteiger partial charge is 0.344 e. The molecule has 3 N–H and O–H groups in total. The molecule has 0 bridgehead atoms. The van der Waals surface area contributed by atoms with Crippen molar-refractivity contribution in [2.24, 2.45) is 5.10 Å². The molecule has 8 heteroatoms. The first-order valence-corrected chi connectivity index (χ1v) is 9.44. The van der Waals surface area contributed by atoms with Gasteiger partial charge in [-0.3, -0.25) is 4.79 Å². The van der Waals surface area contributed by atoms with Gasteiger partial charge >= 0.3 is 5.97 Å². The largest absolute Gasteiger partial charge is 0.508 e. The molecule has 1 amide bonds. The molecule has 0 aromatic heterocycles. The van der Waals surface area contributed by atoms with Crippen molar-refractivity contribution < 1.29 is 24.5 Å². The van der Waals surface area contributed by atoms with Gasteiger partial charge in [-0.15, -0.1) is 0 Å². The van der Waals surface area contributed by atoms with Crippen molar-refractivity contribution in [1.29, 1.82) is 0 Å². The van der Waals surface area contributed by atoms with E-state index in [2.05, 4.69) is 33.1 Å². The summed E-state index contributed by atoms with van der Waals surface area (Å²) in [6, 6.07) is 17.3. The summed E-state index contributed by atoms with van der Waals surface area (Å²) < 4.78 is 6.15. The molecule has 0 aliphatic heterocycles. The van der Waals surface area contributed by atoms with Gasteiger partial charge < -0.3 is 14.9 Å². The van der Waals surface area contributed by atoms with Crippen molar-refractivity contribution in [3.63, 3.8) is 0 Å². The molecule has 3 aromatic carbocycles. The van der Waals surface area contributed by atoms with E-state index in [1.165, 1.54) is 18.3 Å². The molecule has 0 aliphatic rings. The average Bonchev–Trinajstić information content (AvgIpc) is 2.69. The van der Waals surface area contributed by atoms with Crippen molar-refractivity contribution >= 4 is 40.7 Å².